The van der Waals surface area contributed by atoms with E-state index in [4.69, 9.17) is 10.2 Å². The molecule has 0 saturated carbocycles. The highest BCUT2D eigenvalue weighted by atomic mass is 32.2. The van der Waals surface area contributed by atoms with Crippen LogP contribution in [-0.4, -0.2) is 35.0 Å². The summed E-state index contributed by atoms with van der Waals surface area (Å²) in [6, 6.07) is 7.16. The number of rotatable bonds is 5. The molecular formula is C10H12O3S. The smallest absolute Gasteiger partial charge is 0.151 e. The van der Waals surface area contributed by atoms with Gasteiger partial charge in [0.05, 0.1) is 12.7 Å². The minimum absolute atomic E-state index is 0.254. The maximum Gasteiger partial charge on any atom is 0.151 e. The molecule has 0 aliphatic carbocycles. The van der Waals surface area contributed by atoms with Gasteiger partial charge in [0, 0.05) is 16.2 Å². The Morgan fingerprint density at radius 1 is 1.43 bits per heavy atom. The van der Waals surface area contributed by atoms with Crippen molar-refractivity contribution >= 4 is 18.0 Å². The highest BCUT2D eigenvalue weighted by molar-refractivity contribution is 7.99. The molecule has 1 atom stereocenters. The van der Waals surface area contributed by atoms with Crippen molar-refractivity contribution < 1.29 is 15.0 Å². The van der Waals surface area contributed by atoms with Crippen LogP contribution in [0.4, 0.5) is 0 Å². The van der Waals surface area contributed by atoms with E-state index in [1.54, 1.807) is 12.1 Å². The molecule has 76 valence electrons. The van der Waals surface area contributed by atoms with Gasteiger partial charge in [-0.1, -0.05) is 18.2 Å². The number of benzene rings is 1. The summed E-state index contributed by atoms with van der Waals surface area (Å²) >= 11 is 1.36. The fraction of sp³-hybridized carbons (Fsp3) is 0.300. The summed E-state index contributed by atoms with van der Waals surface area (Å²) in [6.07, 6.45) is 0.0490. The van der Waals surface area contributed by atoms with Crippen molar-refractivity contribution in [2.45, 2.75) is 11.0 Å². The minimum Gasteiger partial charge on any atom is -0.394 e. The van der Waals surface area contributed by atoms with Crippen LogP contribution in [0.1, 0.15) is 10.4 Å². The molecule has 1 unspecified atom stereocenters. The molecule has 0 saturated heterocycles. The lowest BCUT2D eigenvalue weighted by Crippen LogP contribution is -2.14. The second kappa shape index (κ2) is 5.80. The first kappa shape index (κ1) is 11.2. The number of aliphatic hydroxyl groups is 2. The summed E-state index contributed by atoms with van der Waals surface area (Å²) in [4.78, 5) is 11.4. The van der Waals surface area contributed by atoms with Crippen LogP contribution in [0.3, 0.4) is 0 Å². The summed E-state index contributed by atoms with van der Waals surface area (Å²) in [5, 5.41) is 17.7. The molecule has 0 aromatic heterocycles. The van der Waals surface area contributed by atoms with E-state index >= 15 is 0 Å². The molecule has 14 heavy (non-hydrogen) atoms. The number of carbonyl (C=O) groups is 1. The summed E-state index contributed by atoms with van der Waals surface area (Å²) in [5.74, 6) is 0.390. The van der Waals surface area contributed by atoms with E-state index in [0.29, 0.717) is 11.3 Å². The van der Waals surface area contributed by atoms with Crippen molar-refractivity contribution in [2.24, 2.45) is 0 Å². The van der Waals surface area contributed by atoms with Crippen LogP contribution in [0.2, 0.25) is 0 Å². The highest BCUT2D eigenvalue weighted by Gasteiger charge is 2.05. The number of aldehydes is 1. The lowest BCUT2D eigenvalue weighted by atomic mass is 10.2. The van der Waals surface area contributed by atoms with Gasteiger partial charge < -0.3 is 10.2 Å². The average Bonchev–Trinajstić information content (AvgIpc) is 2.26. The second-order valence-electron chi connectivity index (χ2n) is 2.80. The van der Waals surface area contributed by atoms with Gasteiger partial charge in [-0.15, -0.1) is 11.8 Å². The predicted molar refractivity (Wildman–Crippen MR) is 55.6 cm³/mol. The number of aliphatic hydroxyl groups excluding tert-OH is 2. The van der Waals surface area contributed by atoms with Gasteiger partial charge in [-0.05, 0) is 6.07 Å². The van der Waals surface area contributed by atoms with Gasteiger partial charge in [0.25, 0.3) is 0 Å². The van der Waals surface area contributed by atoms with E-state index in [2.05, 4.69) is 0 Å². The molecule has 0 aliphatic rings. The quantitative estimate of drug-likeness (QED) is 0.563. The van der Waals surface area contributed by atoms with Crippen molar-refractivity contribution in [3.05, 3.63) is 29.8 Å². The fourth-order valence-electron chi connectivity index (χ4n) is 0.948. The minimum atomic E-state index is -0.736. The van der Waals surface area contributed by atoms with E-state index in [-0.39, 0.29) is 6.61 Å². The normalized spacial score (nSPS) is 12.4. The first-order valence-electron chi connectivity index (χ1n) is 4.24. The lowest BCUT2D eigenvalue weighted by molar-refractivity contribution is 0.111. The maximum atomic E-state index is 10.6. The van der Waals surface area contributed by atoms with Gasteiger partial charge in [-0.2, -0.15) is 0 Å². The molecule has 2 N–H and O–H groups in total. The zero-order valence-corrected chi connectivity index (χ0v) is 8.41. The number of hydrogen-bond acceptors (Lipinski definition) is 4. The van der Waals surface area contributed by atoms with Crippen LogP contribution >= 0.6 is 11.8 Å². The third-order valence-corrected chi connectivity index (χ3v) is 2.92. The monoisotopic (exact) mass is 212 g/mol. The first-order valence-corrected chi connectivity index (χ1v) is 5.22. The summed E-state index contributed by atoms with van der Waals surface area (Å²) in [7, 11) is 0. The van der Waals surface area contributed by atoms with Crippen LogP contribution in [0.5, 0.6) is 0 Å². The summed E-state index contributed by atoms with van der Waals surface area (Å²) in [6.45, 7) is -0.254. The second-order valence-corrected chi connectivity index (χ2v) is 3.86. The Balaban J connectivity index is 2.61. The Morgan fingerprint density at radius 3 is 2.79 bits per heavy atom. The topological polar surface area (TPSA) is 57.5 Å². The third-order valence-electron chi connectivity index (χ3n) is 1.69. The van der Waals surface area contributed by atoms with Gasteiger partial charge in [-0.3, -0.25) is 4.79 Å². The Hall–Kier alpha value is -0.840. The number of carbonyl (C=O) groups excluding carboxylic acids is 1. The predicted octanol–water partition coefficient (Wildman–Crippen LogP) is 0.944. The summed E-state index contributed by atoms with van der Waals surface area (Å²) < 4.78 is 0. The van der Waals surface area contributed by atoms with E-state index in [0.717, 1.165) is 11.2 Å². The standard InChI is InChI=1S/C10H12O3S/c11-5-8-3-1-2-4-10(8)14-7-9(13)6-12/h1-5,9,12-13H,6-7H2. The molecule has 1 aromatic rings. The molecule has 0 fully saturated rings. The fourth-order valence-corrected chi connectivity index (χ4v) is 1.88. The van der Waals surface area contributed by atoms with E-state index in [9.17, 15) is 4.79 Å². The lowest BCUT2D eigenvalue weighted by Gasteiger charge is -2.07. The Bertz CT molecular complexity index is 301. The largest absolute Gasteiger partial charge is 0.394 e. The molecular weight excluding hydrogens is 200 g/mol. The van der Waals surface area contributed by atoms with Crippen molar-refractivity contribution in [1.82, 2.24) is 0 Å². The molecule has 0 aliphatic heterocycles. The summed E-state index contributed by atoms with van der Waals surface area (Å²) in [5.41, 5.74) is 0.614. The van der Waals surface area contributed by atoms with Crippen molar-refractivity contribution in [1.29, 1.82) is 0 Å². The van der Waals surface area contributed by atoms with Gasteiger partial charge in [0.15, 0.2) is 6.29 Å². The molecule has 0 heterocycles. The first-order chi connectivity index (χ1) is 6.77. The van der Waals surface area contributed by atoms with Gasteiger partial charge in [0.1, 0.15) is 0 Å². The van der Waals surface area contributed by atoms with Gasteiger partial charge in [-0.25, -0.2) is 0 Å². The van der Waals surface area contributed by atoms with Crippen molar-refractivity contribution in [2.75, 3.05) is 12.4 Å². The molecule has 0 bridgehead atoms. The van der Waals surface area contributed by atoms with Crippen LogP contribution in [0, 0.1) is 0 Å². The molecule has 1 rings (SSSR count). The molecule has 3 nitrogen and oxygen atoms in total. The van der Waals surface area contributed by atoms with E-state index < -0.39 is 6.10 Å². The zero-order chi connectivity index (χ0) is 10.4. The SMILES string of the molecule is O=Cc1ccccc1SCC(O)CO. The van der Waals surface area contributed by atoms with Crippen LogP contribution in [0.25, 0.3) is 0 Å². The molecule has 4 heteroatoms. The third kappa shape index (κ3) is 3.14. The molecule has 0 spiro atoms. The molecule has 0 amide bonds. The molecule has 0 radical (unpaired) electrons. The van der Waals surface area contributed by atoms with Crippen molar-refractivity contribution in [3.63, 3.8) is 0 Å². The van der Waals surface area contributed by atoms with Crippen LogP contribution in [0.15, 0.2) is 29.2 Å². The van der Waals surface area contributed by atoms with Crippen molar-refractivity contribution in [3.8, 4) is 0 Å². The molecule has 1 aromatic carbocycles. The van der Waals surface area contributed by atoms with Gasteiger partial charge in [0.2, 0.25) is 0 Å². The number of thioether (sulfide) groups is 1. The Labute approximate surface area is 86.8 Å². The van der Waals surface area contributed by atoms with Gasteiger partial charge >= 0.3 is 0 Å². The number of hydrogen-bond donors (Lipinski definition) is 2. The van der Waals surface area contributed by atoms with E-state index in [1.165, 1.54) is 11.8 Å². The Kier molecular flexibility index (Phi) is 4.65. The van der Waals surface area contributed by atoms with Crippen LogP contribution in [-0.2, 0) is 0 Å². The highest BCUT2D eigenvalue weighted by Crippen LogP contribution is 2.21. The average molecular weight is 212 g/mol. The zero-order valence-electron chi connectivity index (χ0n) is 7.59. The van der Waals surface area contributed by atoms with Crippen LogP contribution < -0.4 is 0 Å². The van der Waals surface area contributed by atoms with E-state index in [1.807, 2.05) is 12.1 Å². The maximum absolute atomic E-state index is 10.6. The Morgan fingerprint density at radius 2 is 2.14 bits per heavy atom.